The van der Waals surface area contributed by atoms with Crippen LogP contribution in [-0.2, 0) is 16.1 Å². The normalized spacial score (nSPS) is 21.7. The van der Waals surface area contributed by atoms with Crippen LogP contribution in [-0.4, -0.2) is 31.0 Å². The minimum absolute atomic E-state index is 0.268. The lowest BCUT2D eigenvalue weighted by Gasteiger charge is -2.17. The Morgan fingerprint density at radius 2 is 2.06 bits per heavy atom. The Morgan fingerprint density at radius 1 is 1.39 bits per heavy atom. The molecular weight excluding hydrogens is 226 g/mol. The van der Waals surface area contributed by atoms with E-state index in [2.05, 4.69) is 6.92 Å². The Hall–Kier alpha value is -1.35. The van der Waals surface area contributed by atoms with Gasteiger partial charge in [0.2, 0.25) is 5.91 Å². The molecule has 1 aromatic carbocycles. The van der Waals surface area contributed by atoms with Crippen molar-refractivity contribution in [1.82, 2.24) is 4.90 Å². The second-order valence-electron chi connectivity index (χ2n) is 5.12. The highest BCUT2D eigenvalue weighted by Gasteiger charge is 2.40. The number of hydrogen-bond donors (Lipinski definition) is 0. The van der Waals surface area contributed by atoms with Gasteiger partial charge >= 0.3 is 0 Å². The van der Waals surface area contributed by atoms with Crippen LogP contribution in [0.1, 0.15) is 18.9 Å². The molecule has 98 valence electrons. The molecule has 1 aliphatic carbocycles. The number of hydrogen-bond acceptors (Lipinski definition) is 2. The van der Waals surface area contributed by atoms with Crippen LogP contribution >= 0.6 is 0 Å². The molecule has 0 spiro atoms. The Morgan fingerprint density at radius 3 is 2.67 bits per heavy atom. The standard InChI is InChI=1S/C15H21NO2/c1-12-10-14(12)15(17)16(2)8-9-18-11-13-6-4-3-5-7-13/h3-7,12,14H,8-11H2,1-2H3/t12-,14+/m0/s1. The largest absolute Gasteiger partial charge is 0.375 e. The number of nitrogens with zero attached hydrogens (tertiary/aromatic N) is 1. The Kier molecular flexibility index (Phi) is 4.37. The molecule has 18 heavy (non-hydrogen) atoms. The number of amides is 1. The lowest BCUT2D eigenvalue weighted by molar-refractivity contribution is -0.132. The van der Waals surface area contributed by atoms with Crippen LogP contribution in [0.25, 0.3) is 0 Å². The highest BCUT2D eigenvalue weighted by Crippen LogP contribution is 2.38. The fourth-order valence-corrected chi connectivity index (χ4v) is 2.03. The van der Waals surface area contributed by atoms with Crippen LogP contribution in [0.2, 0.25) is 0 Å². The first-order valence-electron chi connectivity index (χ1n) is 6.55. The van der Waals surface area contributed by atoms with Crippen molar-refractivity contribution in [2.24, 2.45) is 11.8 Å². The maximum absolute atomic E-state index is 11.9. The number of ether oxygens (including phenoxy) is 1. The molecule has 0 radical (unpaired) electrons. The Balaban J connectivity index is 1.62. The highest BCUT2D eigenvalue weighted by atomic mass is 16.5. The van der Waals surface area contributed by atoms with Gasteiger partial charge in [0.05, 0.1) is 13.2 Å². The first-order chi connectivity index (χ1) is 8.68. The molecule has 1 aromatic rings. The van der Waals surface area contributed by atoms with E-state index in [0.29, 0.717) is 25.7 Å². The molecule has 1 aliphatic rings. The zero-order valence-electron chi connectivity index (χ0n) is 11.1. The number of benzene rings is 1. The highest BCUT2D eigenvalue weighted by molar-refractivity contribution is 5.81. The molecule has 1 amide bonds. The van der Waals surface area contributed by atoms with Crippen LogP contribution in [0.5, 0.6) is 0 Å². The van der Waals surface area contributed by atoms with Crippen molar-refractivity contribution >= 4 is 5.91 Å². The minimum Gasteiger partial charge on any atom is -0.375 e. The summed E-state index contributed by atoms with van der Waals surface area (Å²) in [5.74, 6) is 1.11. The topological polar surface area (TPSA) is 29.5 Å². The number of carbonyl (C=O) groups excluding carboxylic acids is 1. The van der Waals surface area contributed by atoms with E-state index in [4.69, 9.17) is 4.74 Å². The fourth-order valence-electron chi connectivity index (χ4n) is 2.03. The molecule has 0 saturated heterocycles. The maximum Gasteiger partial charge on any atom is 0.225 e. The predicted molar refractivity (Wildman–Crippen MR) is 71.0 cm³/mol. The molecule has 0 aromatic heterocycles. The zero-order chi connectivity index (χ0) is 13.0. The first-order valence-corrected chi connectivity index (χ1v) is 6.55. The third kappa shape index (κ3) is 3.57. The predicted octanol–water partition coefficient (Wildman–Crippen LogP) is 2.32. The smallest absolute Gasteiger partial charge is 0.225 e. The third-order valence-corrected chi connectivity index (χ3v) is 3.49. The molecule has 1 fully saturated rings. The number of likely N-dealkylation sites (N-methyl/N-ethyl adjacent to an activating group) is 1. The molecular formula is C15H21NO2. The van der Waals surface area contributed by atoms with E-state index in [1.807, 2.05) is 37.4 Å². The van der Waals surface area contributed by atoms with Crippen molar-refractivity contribution in [3.8, 4) is 0 Å². The van der Waals surface area contributed by atoms with Crippen LogP contribution < -0.4 is 0 Å². The molecule has 0 heterocycles. The Labute approximate surface area is 109 Å². The van der Waals surface area contributed by atoms with E-state index < -0.39 is 0 Å². The average molecular weight is 247 g/mol. The van der Waals surface area contributed by atoms with Gasteiger partial charge in [0.1, 0.15) is 0 Å². The van der Waals surface area contributed by atoms with E-state index in [1.54, 1.807) is 4.90 Å². The lowest BCUT2D eigenvalue weighted by atomic mass is 10.2. The zero-order valence-corrected chi connectivity index (χ0v) is 11.1. The van der Waals surface area contributed by atoms with Crippen molar-refractivity contribution in [3.63, 3.8) is 0 Å². The summed E-state index contributed by atoms with van der Waals surface area (Å²) in [6.07, 6.45) is 1.05. The quantitative estimate of drug-likeness (QED) is 0.722. The second-order valence-corrected chi connectivity index (χ2v) is 5.12. The number of rotatable bonds is 6. The molecule has 3 nitrogen and oxygen atoms in total. The monoisotopic (exact) mass is 247 g/mol. The summed E-state index contributed by atoms with van der Waals surface area (Å²) in [6, 6.07) is 10.1. The second kappa shape index (κ2) is 6.01. The fraction of sp³-hybridized carbons (Fsp3) is 0.533. The molecule has 2 rings (SSSR count). The van der Waals surface area contributed by atoms with Gasteiger partial charge in [-0.3, -0.25) is 4.79 Å². The van der Waals surface area contributed by atoms with Gasteiger partial charge in [0.15, 0.2) is 0 Å². The summed E-state index contributed by atoms with van der Waals surface area (Å²) in [5, 5.41) is 0. The summed E-state index contributed by atoms with van der Waals surface area (Å²) in [7, 11) is 1.86. The van der Waals surface area contributed by atoms with Crippen molar-refractivity contribution in [2.45, 2.75) is 20.0 Å². The molecule has 0 bridgehead atoms. The summed E-state index contributed by atoms with van der Waals surface area (Å²) in [6.45, 7) is 4.01. The molecule has 1 saturated carbocycles. The molecule has 2 atom stereocenters. The third-order valence-electron chi connectivity index (χ3n) is 3.49. The van der Waals surface area contributed by atoms with Crippen molar-refractivity contribution in [2.75, 3.05) is 20.2 Å². The molecule has 0 unspecified atom stereocenters. The van der Waals surface area contributed by atoms with Crippen molar-refractivity contribution in [1.29, 1.82) is 0 Å². The van der Waals surface area contributed by atoms with E-state index in [-0.39, 0.29) is 11.8 Å². The van der Waals surface area contributed by atoms with Gasteiger partial charge in [-0.05, 0) is 17.9 Å². The summed E-state index contributed by atoms with van der Waals surface area (Å²) in [5.41, 5.74) is 1.17. The Bertz CT molecular complexity index is 391. The van der Waals surface area contributed by atoms with Crippen LogP contribution in [0.15, 0.2) is 30.3 Å². The summed E-state index contributed by atoms with van der Waals surface area (Å²) < 4.78 is 5.57. The van der Waals surface area contributed by atoms with Crippen LogP contribution in [0.3, 0.4) is 0 Å². The molecule has 3 heteroatoms. The van der Waals surface area contributed by atoms with Crippen molar-refractivity contribution < 1.29 is 9.53 Å². The van der Waals surface area contributed by atoms with Crippen molar-refractivity contribution in [3.05, 3.63) is 35.9 Å². The van der Waals surface area contributed by atoms with E-state index in [0.717, 1.165) is 6.42 Å². The minimum atomic E-state index is 0.268. The summed E-state index contributed by atoms with van der Waals surface area (Å²) >= 11 is 0. The van der Waals surface area contributed by atoms with Crippen LogP contribution in [0, 0.1) is 11.8 Å². The van der Waals surface area contributed by atoms with Gasteiger partial charge in [-0.15, -0.1) is 0 Å². The van der Waals surface area contributed by atoms with Gasteiger partial charge in [-0.2, -0.15) is 0 Å². The average Bonchev–Trinajstić information content (AvgIpc) is 3.12. The van der Waals surface area contributed by atoms with E-state index >= 15 is 0 Å². The molecule has 0 N–H and O–H groups in total. The van der Waals surface area contributed by atoms with Crippen LogP contribution in [0.4, 0.5) is 0 Å². The lowest BCUT2D eigenvalue weighted by Crippen LogP contribution is -2.31. The number of carbonyl (C=O) groups is 1. The van der Waals surface area contributed by atoms with E-state index in [1.165, 1.54) is 5.56 Å². The van der Waals surface area contributed by atoms with E-state index in [9.17, 15) is 4.79 Å². The summed E-state index contributed by atoms with van der Waals surface area (Å²) in [4.78, 5) is 13.6. The molecule has 0 aliphatic heterocycles. The maximum atomic E-state index is 11.9. The van der Waals surface area contributed by atoms with Gasteiger partial charge in [0.25, 0.3) is 0 Å². The SMILES string of the molecule is C[C@H]1C[C@H]1C(=O)N(C)CCOCc1ccccc1. The first kappa shape index (κ1) is 13.1. The van der Waals surface area contributed by atoms with Gasteiger partial charge in [0, 0.05) is 19.5 Å². The van der Waals surface area contributed by atoms with Gasteiger partial charge in [-0.25, -0.2) is 0 Å². The van der Waals surface area contributed by atoms with Gasteiger partial charge in [-0.1, -0.05) is 37.3 Å². The van der Waals surface area contributed by atoms with Gasteiger partial charge < -0.3 is 9.64 Å².